The molecule has 200 valence electrons. The van der Waals surface area contributed by atoms with Crippen molar-refractivity contribution in [1.29, 1.82) is 0 Å². The lowest BCUT2D eigenvalue weighted by Gasteiger charge is -2.21. The summed E-state index contributed by atoms with van der Waals surface area (Å²) >= 11 is 4.53. The van der Waals surface area contributed by atoms with Crippen molar-refractivity contribution in [2.24, 2.45) is 5.73 Å². The maximum absolute atomic E-state index is 12.3. The predicted octanol–water partition coefficient (Wildman–Crippen LogP) is 3.76. The number of rotatable bonds is 12. The van der Waals surface area contributed by atoms with Gasteiger partial charge in [0.15, 0.2) is 0 Å². The van der Waals surface area contributed by atoms with E-state index < -0.39 is 41.4 Å². The average molecular weight is 599 g/mol. The number of nitro groups is 1. The summed E-state index contributed by atoms with van der Waals surface area (Å²) in [6.07, 6.45) is -2.98. The molecular formula is C24H27BrN2O9S. The minimum absolute atomic E-state index is 0.143. The van der Waals surface area contributed by atoms with Gasteiger partial charge < -0.3 is 28.9 Å². The lowest BCUT2D eigenvalue weighted by atomic mass is 10.1. The van der Waals surface area contributed by atoms with E-state index >= 15 is 0 Å². The number of benzene rings is 2. The second kappa shape index (κ2) is 13.7. The number of nitro benzene ring substituents is 1. The molecule has 0 bridgehead atoms. The van der Waals surface area contributed by atoms with Gasteiger partial charge in [0.1, 0.15) is 24.6 Å². The highest BCUT2D eigenvalue weighted by molar-refractivity contribution is 9.09. The molecule has 0 radical (unpaired) electrons. The molecule has 11 nitrogen and oxygen atoms in total. The van der Waals surface area contributed by atoms with Gasteiger partial charge in [0, 0.05) is 17.5 Å². The van der Waals surface area contributed by atoms with Gasteiger partial charge in [-0.05, 0) is 31.2 Å². The van der Waals surface area contributed by atoms with E-state index in [4.69, 9.17) is 28.9 Å². The van der Waals surface area contributed by atoms with Gasteiger partial charge in [-0.25, -0.2) is 4.79 Å². The van der Waals surface area contributed by atoms with Crippen LogP contribution in [-0.2, 0) is 30.3 Å². The summed E-state index contributed by atoms with van der Waals surface area (Å²) in [6, 6.07) is 12.0. The molecule has 1 aliphatic heterocycles. The highest BCUT2D eigenvalue weighted by Gasteiger charge is 2.46. The Kier molecular flexibility index (Phi) is 10.7. The quantitative estimate of drug-likeness (QED) is 0.125. The molecule has 0 amide bonds. The molecule has 3 rings (SSSR count). The number of nitrogens with two attached hydrogens (primary N) is 1. The van der Waals surface area contributed by atoms with E-state index in [2.05, 4.69) is 15.9 Å². The summed E-state index contributed by atoms with van der Waals surface area (Å²) in [5.41, 5.74) is 6.72. The van der Waals surface area contributed by atoms with Crippen molar-refractivity contribution in [3.8, 4) is 5.75 Å². The minimum atomic E-state index is -1.18. The third-order valence-corrected chi connectivity index (χ3v) is 7.45. The molecule has 5 atom stereocenters. The second-order valence-corrected chi connectivity index (χ2v) is 9.97. The molecule has 1 aliphatic rings. The van der Waals surface area contributed by atoms with E-state index in [1.54, 1.807) is 36.4 Å². The SMILES string of the molecule is CC(=O)O[C@@H]1O[C@H](COC(=O)c2ccccc2)[C@@H](N)[C@H]1OCc1ccc(OSC(C)CBr)cc1[N+](=O)[O-]. The zero-order valence-electron chi connectivity index (χ0n) is 20.1. The molecule has 2 N–H and O–H groups in total. The molecule has 0 spiro atoms. The van der Waals surface area contributed by atoms with E-state index in [0.717, 1.165) is 0 Å². The van der Waals surface area contributed by atoms with Gasteiger partial charge in [-0.3, -0.25) is 14.9 Å². The van der Waals surface area contributed by atoms with Crippen molar-refractivity contribution in [2.45, 2.75) is 50.2 Å². The standard InChI is InChI=1S/C24H27BrN2O9S/c1-14(11-25)37-36-18-9-8-17(19(10-18)27(30)31)12-32-22-21(26)20(35-24(22)34-15(2)28)13-33-23(29)16-6-4-3-5-7-16/h3-10,14,20-22,24H,11-13,26H2,1-2H3/t14?,20-,21-,22-,24-/m1/s1. The Morgan fingerprint density at radius 1 is 1.24 bits per heavy atom. The number of hydrogen-bond acceptors (Lipinski definition) is 11. The van der Waals surface area contributed by atoms with E-state index in [0.29, 0.717) is 16.6 Å². The Balaban J connectivity index is 1.67. The Morgan fingerprint density at radius 2 is 1.97 bits per heavy atom. The average Bonchev–Trinajstić information content (AvgIpc) is 3.18. The minimum Gasteiger partial charge on any atom is -0.459 e. The lowest BCUT2D eigenvalue weighted by Crippen LogP contribution is -2.44. The van der Waals surface area contributed by atoms with Crippen LogP contribution in [0, 0.1) is 10.1 Å². The monoisotopic (exact) mass is 598 g/mol. The van der Waals surface area contributed by atoms with Crippen LogP contribution < -0.4 is 9.92 Å². The smallest absolute Gasteiger partial charge is 0.338 e. The highest BCUT2D eigenvalue weighted by Crippen LogP contribution is 2.31. The summed E-state index contributed by atoms with van der Waals surface area (Å²) in [6.45, 7) is 2.73. The maximum atomic E-state index is 12.3. The van der Waals surface area contributed by atoms with Gasteiger partial charge >= 0.3 is 11.9 Å². The number of esters is 2. The second-order valence-electron chi connectivity index (χ2n) is 8.16. The van der Waals surface area contributed by atoms with Crippen LogP contribution in [0.15, 0.2) is 48.5 Å². The van der Waals surface area contributed by atoms with Crippen LogP contribution in [-0.4, -0.2) is 58.6 Å². The van der Waals surface area contributed by atoms with E-state index in [9.17, 15) is 19.7 Å². The fraction of sp³-hybridized carbons (Fsp3) is 0.417. The zero-order chi connectivity index (χ0) is 26.9. The van der Waals surface area contributed by atoms with Gasteiger partial charge in [-0.2, -0.15) is 0 Å². The molecule has 1 unspecified atom stereocenters. The van der Waals surface area contributed by atoms with Crippen molar-refractivity contribution in [3.63, 3.8) is 0 Å². The van der Waals surface area contributed by atoms with Gasteiger partial charge in [0.2, 0.25) is 6.29 Å². The lowest BCUT2D eigenvalue weighted by molar-refractivity contribution is -0.386. The molecule has 2 aromatic rings. The number of hydrogen-bond donors (Lipinski definition) is 1. The summed E-state index contributed by atoms with van der Waals surface area (Å²) < 4.78 is 27.6. The fourth-order valence-electron chi connectivity index (χ4n) is 3.38. The highest BCUT2D eigenvalue weighted by atomic mass is 79.9. The molecule has 0 saturated carbocycles. The van der Waals surface area contributed by atoms with Gasteiger partial charge in [-0.1, -0.05) is 34.1 Å². The molecule has 13 heteroatoms. The van der Waals surface area contributed by atoms with Crippen molar-refractivity contribution >= 4 is 45.6 Å². The Bertz CT molecular complexity index is 1090. The first kappa shape index (κ1) is 28.9. The van der Waals surface area contributed by atoms with Crippen LogP contribution in [0.3, 0.4) is 0 Å². The van der Waals surface area contributed by atoms with Crippen LogP contribution >= 0.6 is 28.0 Å². The number of halogens is 1. The van der Waals surface area contributed by atoms with E-state index in [1.165, 1.54) is 31.1 Å². The molecule has 0 aliphatic carbocycles. The number of carbonyl (C=O) groups excluding carboxylic acids is 2. The first-order valence-corrected chi connectivity index (χ1v) is 13.2. The fourth-order valence-corrected chi connectivity index (χ4v) is 4.14. The normalized spacial score (nSPS) is 21.7. The predicted molar refractivity (Wildman–Crippen MR) is 138 cm³/mol. The molecule has 1 saturated heterocycles. The molecule has 37 heavy (non-hydrogen) atoms. The zero-order valence-corrected chi connectivity index (χ0v) is 22.5. The number of carbonyl (C=O) groups is 2. The molecule has 2 aromatic carbocycles. The van der Waals surface area contributed by atoms with Crippen molar-refractivity contribution in [3.05, 3.63) is 69.8 Å². The van der Waals surface area contributed by atoms with Crippen LogP contribution in [0.5, 0.6) is 5.75 Å². The Hall–Kier alpha value is -2.71. The van der Waals surface area contributed by atoms with Crippen molar-refractivity contribution < 1.29 is 37.6 Å². The summed E-state index contributed by atoms with van der Waals surface area (Å²) in [7, 11) is 0. The van der Waals surface area contributed by atoms with Crippen LogP contribution in [0.1, 0.15) is 29.8 Å². The number of nitrogens with zero attached hydrogens (tertiary/aromatic N) is 1. The van der Waals surface area contributed by atoms with Crippen molar-refractivity contribution in [2.75, 3.05) is 11.9 Å². The molecule has 1 heterocycles. The number of ether oxygens (including phenoxy) is 4. The first-order valence-electron chi connectivity index (χ1n) is 11.3. The third kappa shape index (κ3) is 8.14. The van der Waals surface area contributed by atoms with Crippen molar-refractivity contribution in [1.82, 2.24) is 0 Å². The van der Waals surface area contributed by atoms with Gasteiger partial charge in [0.05, 0.1) is 46.8 Å². The summed E-state index contributed by atoms with van der Waals surface area (Å²) in [4.78, 5) is 35.0. The molecule has 0 aromatic heterocycles. The molecular weight excluding hydrogens is 572 g/mol. The number of alkyl halides is 1. The van der Waals surface area contributed by atoms with Crippen LogP contribution in [0.25, 0.3) is 0 Å². The summed E-state index contributed by atoms with van der Waals surface area (Å²) in [5, 5.41) is 12.5. The third-order valence-electron chi connectivity index (χ3n) is 5.27. The topological polar surface area (TPSA) is 149 Å². The molecule has 1 fully saturated rings. The van der Waals surface area contributed by atoms with E-state index in [1.807, 2.05) is 6.92 Å². The maximum Gasteiger partial charge on any atom is 0.338 e. The van der Waals surface area contributed by atoms with Crippen LogP contribution in [0.4, 0.5) is 5.69 Å². The largest absolute Gasteiger partial charge is 0.459 e. The van der Waals surface area contributed by atoms with Gasteiger partial charge in [-0.15, -0.1) is 0 Å². The van der Waals surface area contributed by atoms with Crippen LogP contribution in [0.2, 0.25) is 0 Å². The Morgan fingerprint density at radius 3 is 2.62 bits per heavy atom. The van der Waals surface area contributed by atoms with Gasteiger partial charge in [0.25, 0.3) is 5.69 Å². The summed E-state index contributed by atoms with van der Waals surface area (Å²) in [5.74, 6) is -0.867. The Labute approximate surface area is 226 Å². The van der Waals surface area contributed by atoms with E-state index in [-0.39, 0.29) is 29.7 Å². The first-order chi connectivity index (χ1) is 17.7.